The largest absolute Gasteiger partial charge is 0.301 e. The first-order valence-corrected chi connectivity index (χ1v) is 5.67. The van der Waals surface area contributed by atoms with Crippen molar-refractivity contribution < 1.29 is 0 Å². The van der Waals surface area contributed by atoms with Crippen LogP contribution in [0.5, 0.6) is 0 Å². The van der Waals surface area contributed by atoms with Crippen LogP contribution in [-0.4, -0.2) is 25.8 Å². The summed E-state index contributed by atoms with van der Waals surface area (Å²) in [6.45, 7) is 7.10. The third-order valence-electron chi connectivity index (χ3n) is 1.98. The Kier molecular flexibility index (Phi) is 3.24. The third kappa shape index (κ3) is 2.61. The van der Waals surface area contributed by atoms with E-state index in [1.165, 1.54) is 0 Å². The van der Waals surface area contributed by atoms with Gasteiger partial charge in [-0.25, -0.2) is 0 Å². The minimum atomic E-state index is 0.163. The zero-order valence-corrected chi connectivity index (χ0v) is 9.91. The van der Waals surface area contributed by atoms with Crippen molar-refractivity contribution in [2.75, 3.05) is 6.26 Å². The number of rotatable bonds is 3. The molecule has 0 saturated heterocycles. The third-order valence-corrected chi connectivity index (χ3v) is 3.50. The molecule has 0 amide bonds. The summed E-state index contributed by atoms with van der Waals surface area (Å²) in [5, 5.41) is 8.18. The van der Waals surface area contributed by atoms with Crippen LogP contribution in [-0.2, 0) is 6.54 Å². The first-order chi connectivity index (χ1) is 5.96. The molecule has 0 fully saturated rings. The summed E-state index contributed by atoms with van der Waals surface area (Å²) < 4.78 is 2.09. The summed E-state index contributed by atoms with van der Waals surface area (Å²) in [7, 11) is 0. The SMILES string of the molecule is CSC(C)(C)Cn1c(C)nnc1Cl. The highest BCUT2D eigenvalue weighted by atomic mass is 35.5. The van der Waals surface area contributed by atoms with E-state index in [9.17, 15) is 0 Å². The first-order valence-electron chi connectivity index (χ1n) is 4.07. The van der Waals surface area contributed by atoms with Crippen molar-refractivity contribution in [3.05, 3.63) is 11.1 Å². The van der Waals surface area contributed by atoms with Gasteiger partial charge in [0, 0.05) is 11.3 Å². The summed E-state index contributed by atoms with van der Waals surface area (Å²) in [5.41, 5.74) is 0. The van der Waals surface area contributed by atoms with Gasteiger partial charge in [-0.05, 0) is 38.6 Å². The molecule has 0 unspecified atom stereocenters. The van der Waals surface area contributed by atoms with Crippen molar-refractivity contribution in [3.63, 3.8) is 0 Å². The van der Waals surface area contributed by atoms with E-state index >= 15 is 0 Å². The van der Waals surface area contributed by atoms with Gasteiger partial charge in [0.25, 0.3) is 0 Å². The fourth-order valence-electron chi connectivity index (χ4n) is 0.980. The Morgan fingerprint density at radius 1 is 1.46 bits per heavy atom. The van der Waals surface area contributed by atoms with Gasteiger partial charge in [-0.1, -0.05) is 0 Å². The molecule has 3 nitrogen and oxygen atoms in total. The van der Waals surface area contributed by atoms with Crippen LogP contribution in [0.1, 0.15) is 19.7 Å². The lowest BCUT2D eigenvalue weighted by atomic mass is 10.2. The van der Waals surface area contributed by atoms with Gasteiger partial charge in [0.2, 0.25) is 5.28 Å². The Hall–Kier alpha value is -0.220. The quantitative estimate of drug-likeness (QED) is 0.782. The van der Waals surface area contributed by atoms with Crippen molar-refractivity contribution >= 4 is 23.4 Å². The van der Waals surface area contributed by atoms with Crippen molar-refractivity contribution in [1.29, 1.82) is 0 Å². The molecule has 1 heterocycles. The second-order valence-corrected chi connectivity index (χ2v) is 5.42. The average molecular weight is 220 g/mol. The second kappa shape index (κ2) is 3.88. The fraction of sp³-hybridized carbons (Fsp3) is 0.750. The molecule has 0 aromatic carbocycles. The van der Waals surface area contributed by atoms with E-state index in [-0.39, 0.29) is 4.75 Å². The maximum atomic E-state index is 5.89. The summed E-state index contributed by atoms with van der Waals surface area (Å²) >= 11 is 7.70. The molecule has 1 aromatic heterocycles. The summed E-state index contributed by atoms with van der Waals surface area (Å²) in [4.78, 5) is 0. The minimum absolute atomic E-state index is 0.163. The van der Waals surface area contributed by atoms with E-state index < -0.39 is 0 Å². The monoisotopic (exact) mass is 219 g/mol. The second-order valence-electron chi connectivity index (χ2n) is 3.57. The molecule has 13 heavy (non-hydrogen) atoms. The zero-order valence-electron chi connectivity index (χ0n) is 8.33. The number of nitrogens with zero attached hydrogens (tertiary/aromatic N) is 3. The Balaban J connectivity index is 2.85. The molecule has 0 atom stereocenters. The van der Waals surface area contributed by atoms with E-state index in [0.717, 1.165) is 12.4 Å². The van der Waals surface area contributed by atoms with Crippen LogP contribution < -0.4 is 0 Å². The minimum Gasteiger partial charge on any atom is -0.301 e. The van der Waals surface area contributed by atoms with E-state index in [2.05, 4.69) is 30.3 Å². The Morgan fingerprint density at radius 3 is 2.46 bits per heavy atom. The lowest BCUT2D eigenvalue weighted by molar-refractivity contribution is 0.556. The number of halogens is 1. The Bertz CT molecular complexity index is 276. The molecule has 0 bridgehead atoms. The molecule has 5 heteroatoms. The van der Waals surface area contributed by atoms with Crippen LogP contribution in [0, 0.1) is 6.92 Å². The molecule has 0 spiro atoms. The van der Waals surface area contributed by atoms with Gasteiger partial charge >= 0.3 is 0 Å². The number of hydrogen-bond acceptors (Lipinski definition) is 3. The maximum absolute atomic E-state index is 5.89. The molecule has 74 valence electrons. The van der Waals surface area contributed by atoms with E-state index in [0.29, 0.717) is 5.28 Å². The van der Waals surface area contributed by atoms with Crippen molar-refractivity contribution in [3.8, 4) is 0 Å². The highest BCUT2D eigenvalue weighted by molar-refractivity contribution is 7.99. The molecule has 1 aromatic rings. The Morgan fingerprint density at radius 2 is 2.08 bits per heavy atom. The molecule has 0 aliphatic rings. The molecule has 0 aliphatic carbocycles. The van der Waals surface area contributed by atoms with Gasteiger partial charge < -0.3 is 4.57 Å². The fourth-order valence-corrected chi connectivity index (χ4v) is 1.46. The predicted octanol–water partition coefficient (Wildman–Crippen LogP) is 2.38. The van der Waals surface area contributed by atoms with Crippen LogP contribution in [0.2, 0.25) is 5.28 Å². The molecular weight excluding hydrogens is 206 g/mol. The van der Waals surface area contributed by atoms with Crippen LogP contribution in [0.15, 0.2) is 0 Å². The number of thioether (sulfide) groups is 1. The smallest absolute Gasteiger partial charge is 0.225 e. The van der Waals surface area contributed by atoms with Gasteiger partial charge in [0.1, 0.15) is 5.82 Å². The number of aryl methyl sites for hydroxylation is 1. The maximum Gasteiger partial charge on any atom is 0.225 e. The normalized spacial score (nSPS) is 12.1. The molecule has 0 radical (unpaired) electrons. The molecule has 0 N–H and O–H groups in total. The highest BCUT2D eigenvalue weighted by Crippen LogP contribution is 2.25. The lowest BCUT2D eigenvalue weighted by Crippen LogP contribution is -2.23. The Labute approximate surface area is 87.9 Å². The standard InChI is InChI=1S/C8H14ClN3S/c1-6-10-11-7(9)12(6)5-8(2,3)13-4/h5H2,1-4H3. The van der Waals surface area contributed by atoms with Gasteiger partial charge in [-0.2, -0.15) is 11.8 Å². The summed E-state index contributed by atoms with van der Waals surface area (Å²) in [6, 6.07) is 0. The van der Waals surface area contributed by atoms with Gasteiger partial charge in [-0.15, -0.1) is 10.2 Å². The summed E-state index contributed by atoms with van der Waals surface area (Å²) in [5.74, 6) is 0.868. The van der Waals surface area contributed by atoms with E-state index in [1.54, 1.807) is 0 Å². The highest BCUT2D eigenvalue weighted by Gasteiger charge is 2.19. The van der Waals surface area contributed by atoms with Gasteiger partial charge in [0.15, 0.2) is 0 Å². The molecular formula is C8H14ClN3S. The van der Waals surface area contributed by atoms with E-state index in [4.69, 9.17) is 11.6 Å². The topological polar surface area (TPSA) is 30.7 Å². The lowest BCUT2D eigenvalue weighted by Gasteiger charge is -2.22. The van der Waals surface area contributed by atoms with Crippen molar-refractivity contribution in [2.24, 2.45) is 0 Å². The van der Waals surface area contributed by atoms with Crippen LogP contribution in [0.3, 0.4) is 0 Å². The molecule has 0 saturated carbocycles. The number of hydrogen-bond donors (Lipinski definition) is 0. The summed E-state index contributed by atoms with van der Waals surface area (Å²) in [6.07, 6.45) is 2.09. The zero-order chi connectivity index (χ0) is 10.1. The van der Waals surface area contributed by atoms with E-state index in [1.807, 2.05) is 23.3 Å². The average Bonchev–Trinajstić information content (AvgIpc) is 2.36. The van der Waals surface area contributed by atoms with Crippen LogP contribution in [0.4, 0.5) is 0 Å². The predicted molar refractivity (Wildman–Crippen MR) is 57.4 cm³/mol. The van der Waals surface area contributed by atoms with Crippen LogP contribution >= 0.6 is 23.4 Å². The molecule has 1 rings (SSSR count). The van der Waals surface area contributed by atoms with Crippen LogP contribution in [0.25, 0.3) is 0 Å². The van der Waals surface area contributed by atoms with Gasteiger partial charge in [0.05, 0.1) is 0 Å². The first kappa shape index (κ1) is 10.9. The van der Waals surface area contributed by atoms with Gasteiger partial charge in [-0.3, -0.25) is 0 Å². The van der Waals surface area contributed by atoms with Crippen molar-refractivity contribution in [2.45, 2.75) is 32.1 Å². The number of aromatic nitrogens is 3. The molecule has 0 aliphatic heterocycles. The van der Waals surface area contributed by atoms with Crippen molar-refractivity contribution in [1.82, 2.24) is 14.8 Å².